The van der Waals surface area contributed by atoms with Crippen molar-refractivity contribution in [3.63, 3.8) is 0 Å². The number of anilines is 1. The molecule has 25 heavy (non-hydrogen) atoms. The molecule has 1 fully saturated rings. The van der Waals surface area contributed by atoms with Crippen molar-refractivity contribution in [3.05, 3.63) is 47.5 Å². The second-order valence-electron chi connectivity index (χ2n) is 7.57. The first-order valence-electron chi connectivity index (χ1n) is 9.47. The lowest BCUT2D eigenvalue weighted by molar-refractivity contribution is 0.416. The lowest BCUT2D eigenvalue weighted by Gasteiger charge is -2.20. The van der Waals surface area contributed by atoms with Crippen LogP contribution in [0.2, 0.25) is 0 Å². The largest absolute Gasteiger partial charge is 0.496 e. The molecule has 2 aromatic rings. The molecule has 0 radical (unpaired) electrons. The van der Waals surface area contributed by atoms with E-state index < -0.39 is 0 Å². The Hall–Kier alpha value is -2.00. The van der Waals surface area contributed by atoms with Crippen LogP contribution in [0.25, 0.3) is 11.1 Å². The standard InChI is InChI=1S/C22H28N2O/c1-14(2)15-7-8-21(25-3)18(13-15)16-5-4-6-20-22(16)17-9-11-23-12-10-19(17)24-20/h4-8,13-14,17,19,23-24H,9-12H2,1-3H3. The first kappa shape index (κ1) is 16.5. The van der Waals surface area contributed by atoms with Gasteiger partial charge < -0.3 is 15.4 Å². The summed E-state index contributed by atoms with van der Waals surface area (Å²) < 4.78 is 5.72. The molecule has 2 heterocycles. The summed E-state index contributed by atoms with van der Waals surface area (Å²) in [4.78, 5) is 0. The summed E-state index contributed by atoms with van der Waals surface area (Å²) in [5.74, 6) is 2.05. The van der Waals surface area contributed by atoms with Crippen molar-refractivity contribution in [3.8, 4) is 16.9 Å². The van der Waals surface area contributed by atoms with Crippen LogP contribution in [-0.4, -0.2) is 26.2 Å². The average Bonchev–Trinajstić information content (AvgIpc) is 2.82. The van der Waals surface area contributed by atoms with Gasteiger partial charge in [0, 0.05) is 23.2 Å². The van der Waals surface area contributed by atoms with Gasteiger partial charge in [0.25, 0.3) is 0 Å². The second-order valence-corrected chi connectivity index (χ2v) is 7.57. The highest BCUT2D eigenvalue weighted by Crippen LogP contribution is 2.47. The van der Waals surface area contributed by atoms with Gasteiger partial charge in [0.2, 0.25) is 0 Å². The molecule has 4 rings (SSSR count). The first-order chi connectivity index (χ1) is 12.2. The van der Waals surface area contributed by atoms with Crippen LogP contribution in [0.5, 0.6) is 5.75 Å². The van der Waals surface area contributed by atoms with Gasteiger partial charge in [-0.3, -0.25) is 0 Å². The summed E-state index contributed by atoms with van der Waals surface area (Å²) >= 11 is 0. The molecule has 2 N–H and O–H groups in total. The van der Waals surface area contributed by atoms with Crippen molar-refractivity contribution in [1.29, 1.82) is 0 Å². The molecule has 0 bridgehead atoms. The Bertz CT molecular complexity index is 769. The zero-order chi connectivity index (χ0) is 17.4. The van der Waals surface area contributed by atoms with Crippen LogP contribution in [0.15, 0.2) is 36.4 Å². The van der Waals surface area contributed by atoms with Gasteiger partial charge >= 0.3 is 0 Å². The molecule has 0 aliphatic carbocycles. The van der Waals surface area contributed by atoms with Crippen LogP contribution in [0.4, 0.5) is 5.69 Å². The molecular weight excluding hydrogens is 308 g/mol. The predicted molar refractivity (Wildman–Crippen MR) is 105 cm³/mol. The number of nitrogens with one attached hydrogen (secondary N) is 2. The molecule has 2 aliphatic rings. The summed E-state index contributed by atoms with van der Waals surface area (Å²) in [6, 6.07) is 13.9. The number of methoxy groups -OCH3 is 1. The molecule has 1 saturated heterocycles. The minimum atomic E-state index is 0.509. The molecule has 0 aromatic heterocycles. The first-order valence-corrected chi connectivity index (χ1v) is 9.47. The number of benzene rings is 2. The second kappa shape index (κ2) is 6.72. The van der Waals surface area contributed by atoms with Crippen LogP contribution in [-0.2, 0) is 0 Å². The van der Waals surface area contributed by atoms with Gasteiger partial charge in [-0.15, -0.1) is 0 Å². The highest BCUT2D eigenvalue weighted by Gasteiger charge is 2.35. The number of rotatable bonds is 3. The minimum absolute atomic E-state index is 0.509. The van der Waals surface area contributed by atoms with Gasteiger partial charge in [-0.1, -0.05) is 32.0 Å². The van der Waals surface area contributed by atoms with E-state index in [9.17, 15) is 0 Å². The zero-order valence-electron chi connectivity index (χ0n) is 15.4. The molecule has 2 aliphatic heterocycles. The van der Waals surface area contributed by atoms with Crippen LogP contribution in [0.1, 0.15) is 49.7 Å². The van der Waals surface area contributed by atoms with E-state index in [0.29, 0.717) is 17.9 Å². The lowest BCUT2D eigenvalue weighted by Crippen LogP contribution is -2.21. The quantitative estimate of drug-likeness (QED) is 0.849. The van der Waals surface area contributed by atoms with Gasteiger partial charge in [0.15, 0.2) is 0 Å². The Morgan fingerprint density at radius 3 is 2.68 bits per heavy atom. The maximum atomic E-state index is 5.72. The molecule has 3 nitrogen and oxygen atoms in total. The van der Waals surface area contributed by atoms with Crippen LogP contribution < -0.4 is 15.4 Å². The summed E-state index contributed by atoms with van der Waals surface area (Å²) in [7, 11) is 1.77. The summed E-state index contributed by atoms with van der Waals surface area (Å²) in [6.07, 6.45) is 2.37. The third-order valence-electron chi connectivity index (χ3n) is 5.75. The molecule has 132 valence electrons. The summed E-state index contributed by atoms with van der Waals surface area (Å²) in [5.41, 5.74) is 6.71. The van der Waals surface area contributed by atoms with E-state index in [-0.39, 0.29) is 0 Å². The Morgan fingerprint density at radius 1 is 1.04 bits per heavy atom. The molecule has 0 spiro atoms. The van der Waals surface area contributed by atoms with E-state index in [1.807, 2.05) is 0 Å². The monoisotopic (exact) mass is 336 g/mol. The van der Waals surface area contributed by atoms with E-state index >= 15 is 0 Å². The molecule has 0 amide bonds. The topological polar surface area (TPSA) is 33.3 Å². The number of hydrogen-bond acceptors (Lipinski definition) is 3. The van der Waals surface area contributed by atoms with Crippen molar-refractivity contribution >= 4 is 5.69 Å². The highest BCUT2D eigenvalue weighted by molar-refractivity contribution is 5.81. The van der Waals surface area contributed by atoms with E-state index in [2.05, 4.69) is 60.9 Å². The Kier molecular flexibility index (Phi) is 4.43. The Labute approximate surface area is 150 Å². The Morgan fingerprint density at radius 2 is 1.88 bits per heavy atom. The molecule has 2 aromatic carbocycles. The number of fused-ring (bicyclic) bond motifs is 3. The fraction of sp³-hybridized carbons (Fsp3) is 0.455. The predicted octanol–water partition coefficient (Wildman–Crippen LogP) is 4.75. The van der Waals surface area contributed by atoms with Crippen LogP contribution in [0, 0.1) is 0 Å². The van der Waals surface area contributed by atoms with Gasteiger partial charge in [-0.25, -0.2) is 0 Å². The van der Waals surface area contributed by atoms with Gasteiger partial charge in [0.1, 0.15) is 5.75 Å². The third-order valence-corrected chi connectivity index (χ3v) is 5.75. The normalized spacial score (nSPS) is 22.1. The van der Waals surface area contributed by atoms with Crippen molar-refractivity contribution in [2.75, 3.05) is 25.5 Å². The fourth-order valence-electron chi connectivity index (χ4n) is 4.38. The van der Waals surface area contributed by atoms with Crippen molar-refractivity contribution in [2.45, 2.75) is 44.6 Å². The SMILES string of the molecule is COc1ccc(C(C)C)cc1-c1cccc2c1C1CCNCCC1N2. The zero-order valence-corrected chi connectivity index (χ0v) is 15.4. The number of ether oxygens (including phenoxy) is 1. The van der Waals surface area contributed by atoms with Crippen LogP contribution in [0.3, 0.4) is 0 Å². The van der Waals surface area contributed by atoms with E-state index in [1.165, 1.54) is 40.8 Å². The maximum Gasteiger partial charge on any atom is 0.126 e. The molecule has 0 saturated carbocycles. The van der Waals surface area contributed by atoms with Crippen molar-refractivity contribution in [1.82, 2.24) is 5.32 Å². The van der Waals surface area contributed by atoms with E-state index in [1.54, 1.807) is 7.11 Å². The Balaban J connectivity index is 1.86. The minimum Gasteiger partial charge on any atom is -0.496 e. The van der Waals surface area contributed by atoms with Crippen LogP contribution >= 0.6 is 0 Å². The van der Waals surface area contributed by atoms with E-state index in [4.69, 9.17) is 4.74 Å². The van der Waals surface area contributed by atoms with Gasteiger partial charge in [-0.2, -0.15) is 0 Å². The molecule has 2 unspecified atom stereocenters. The van der Waals surface area contributed by atoms with Gasteiger partial charge in [0.05, 0.1) is 7.11 Å². The molecular formula is C22H28N2O. The maximum absolute atomic E-state index is 5.72. The van der Waals surface area contributed by atoms with Gasteiger partial charge in [-0.05, 0) is 66.7 Å². The highest BCUT2D eigenvalue weighted by atomic mass is 16.5. The third kappa shape index (κ3) is 2.91. The smallest absolute Gasteiger partial charge is 0.126 e. The van der Waals surface area contributed by atoms with Crippen molar-refractivity contribution < 1.29 is 4.74 Å². The summed E-state index contributed by atoms with van der Waals surface area (Å²) in [6.45, 7) is 6.69. The average molecular weight is 336 g/mol. The van der Waals surface area contributed by atoms with E-state index in [0.717, 1.165) is 18.8 Å². The van der Waals surface area contributed by atoms with Crippen molar-refractivity contribution in [2.24, 2.45) is 0 Å². The lowest BCUT2D eigenvalue weighted by atomic mass is 9.85. The summed E-state index contributed by atoms with van der Waals surface area (Å²) in [5, 5.41) is 7.33. The molecule has 2 atom stereocenters. The fourth-order valence-corrected chi connectivity index (χ4v) is 4.38. The number of hydrogen-bond donors (Lipinski definition) is 2. The molecule has 3 heteroatoms.